The molecule has 0 radical (unpaired) electrons. The lowest BCUT2D eigenvalue weighted by Crippen LogP contribution is -2.56. The van der Waals surface area contributed by atoms with E-state index >= 15 is 0 Å². The average Bonchev–Trinajstić information content (AvgIpc) is 2.37. The van der Waals surface area contributed by atoms with Crippen LogP contribution in [0.5, 0.6) is 0 Å². The fourth-order valence-corrected chi connectivity index (χ4v) is 4.65. The highest BCUT2D eigenvalue weighted by Crippen LogP contribution is 2.36. The van der Waals surface area contributed by atoms with Crippen molar-refractivity contribution in [3.8, 4) is 0 Å². The van der Waals surface area contributed by atoms with Crippen LogP contribution in [0.1, 0.15) is 65.7 Å². The number of nitrogens with zero attached hydrogens (tertiary/aromatic N) is 1. The predicted molar refractivity (Wildman–Crippen MR) is 88.0 cm³/mol. The Morgan fingerprint density at radius 2 is 1.80 bits per heavy atom. The van der Waals surface area contributed by atoms with Gasteiger partial charge in [0.25, 0.3) is 0 Å². The van der Waals surface area contributed by atoms with Crippen molar-refractivity contribution in [2.24, 2.45) is 17.8 Å². The lowest BCUT2D eigenvalue weighted by atomic mass is 9.74. The van der Waals surface area contributed by atoms with E-state index in [0.717, 1.165) is 23.8 Å². The summed E-state index contributed by atoms with van der Waals surface area (Å²) in [6, 6.07) is 0.750. The summed E-state index contributed by atoms with van der Waals surface area (Å²) in [5.41, 5.74) is 0.403. The molecule has 1 N–H and O–H groups in total. The van der Waals surface area contributed by atoms with Crippen molar-refractivity contribution < 1.29 is 0 Å². The molecule has 0 saturated heterocycles. The van der Waals surface area contributed by atoms with Crippen molar-refractivity contribution in [1.29, 1.82) is 0 Å². The van der Waals surface area contributed by atoms with Crippen LogP contribution in [-0.4, -0.2) is 37.1 Å². The zero-order chi connectivity index (χ0) is 14.8. The van der Waals surface area contributed by atoms with Crippen LogP contribution < -0.4 is 5.32 Å². The average molecular weight is 280 g/mol. The van der Waals surface area contributed by atoms with Gasteiger partial charge in [0, 0.05) is 18.1 Å². The van der Waals surface area contributed by atoms with Gasteiger partial charge in [-0.05, 0) is 64.0 Å². The third-order valence-electron chi connectivity index (χ3n) is 6.14. The smallest absolute Gasteiger partial charge is 0.0330 e. The van der Waals surface area contributed by atoms with Crippen LogP contribution in [0.25, 0.3) is 0 Å². The van der Waals surface area contributed by atoms with Crippen LogP contribution in [0.4, 0.5) is 0 Å². The van der Waals surface area contributed by atoms with Crippen molar-refractivity contribution >= 4 is 0 Å². The largest absolute Gasteiger partial charge is 0.312 e. The number of rotatable bonds is 4. The highest BCUT2D eigenvalue weighted by Gasteiger charge is 2.37. The van der Waals surface area contributed by atoms with E-state index in [-0.39, 0.29) is 0 Å². The number of nitrogens with one attached hydrogen (secondary N) is 1. The Hall–Kier alpha value is -0.0800. The van der Waals surface area contributed by atoms with E-state index in [4.69, 9.17) is 0 Å². The second-order valence-corrected chi connectivity index (χ2v) is 8.20. The van der Waals surface area contributed by atoms with Crippen LogP contribution in [0, 0.1) is 17.8 Å². The maximum atomic E-state index is 3.96. The fraction of sp³-hybridized carbons (Fsp3) is 1.00. The molecule has 2 rings (SSSR count). The molecule has 2 saturated carbocycles. The minimum Gasteiger partial charge on any atom is -0.312 e. The fourth-order valence-electron chi connectivity index (χ4n) is 4.65. The molecule has 0 aromatic heterocycles. The summed E-state index contributed by atoms with van der Waals surface area (Å²) in [6.45, 7) is 8.48. The summed E-state index contributed by atoms with van der Waals surface area (Å²) >= 11 is 0. The monoisotopic (exact) mass is 280 g/mol. The Morgan fingerprint density at radius 3 is 2.40 bits per heavy atom. The molecule has 118 valence electrons. The van der Waals surface area contributed by atoms with E-state index in [2.05, 4.69) is 45.1 Å². The molecule has 2 nitrogen and oxygen atoms in total. The molecule has 2 aliphatic carbocycles. The Morgan fingerprint density at radius 1 is 1.05 bits per heavy atom. The highest BCUT2D eigenvalue weighted by molar-refractivity contribution is 4.96. The summed E-state index contributed by atoms with van der Waals surface area (Å²) < 4.78 is 0. The van der Waals surface area contributed by atoms with E-state index < -0.39 is 0 Å². The molecule has 0 aliphatic heterocycles. The first-order valence-corrected chi connectivity index (χ1v) is 8.84. The minimum atomic E-state index is 0.403. The molecule has 20 heavy (non-hydrogen) atoms. The van der Waals surface area contributed by atoms with Gasteiger partial charge in [0.15, 0.2) is 0 Å². The van der Waals surface area contributed by atoms with Gasteiger partial charge >= 0.3 is 0 Å². The summed E-state index contributed by atoms with van der Waals surface area (Å²) in [5, 5.41) is 3.96. The first kappa shape index (κ1) is 16.3. The quantitative estimate of drug-likeness (QED) is 0.840. The molecule has 0 spiro atoms. The van der Waals surface area contributed by atoms with Gasteiger partial charge < -0.3 is 10.2 Å². The van der Waals surface area contributed by atoms with Crippen LogP contribution in [0.3, 0.4) is 0 Å². The molecular weight excluding hydrogens is 244 g/mol. The molecule has 2 heteroatoms. The molecular formula is C18H36N2. The maximum Gasteiger partial charge on any atom is 0.0330 e. The van der Waals surface area contributed by atoms with Gasteiger partial charge in [0.2, 0.25) is 0 Å². The Bertz CT molecular complexity index is 302. The lowest BCUT2D eigenvalue weighted by molar-refractivity contribution is 0.0663. The third-order valence-corrected chi connectivity index (χ3v) is 6.14. The van der Waals surface area contributed by atoms with Crippen LogP contribution in [0.15, 0.2) is 0 Å². The normalized spacial score (nSPS) is 42.9. The highest BCUT2D eigenvalue weighted by atomic mass is 15.2. The first-order valence-electron chi connectivity index (χ1n) is 8.84. The molecule has 0 aromatic rings. The second-order valence-electron chi connectivity index (χ2n) is 8.20. The van der Waals surface area contributed by atoms with Gasteiger partial charge in [-0.25, -0.2) is 0 Å². The molecule has 2 fully saturated rings. The van der Waals surface area contributed by atoms with E-state index in [1.165, 1.54) is 51.5 Å². The van der Waals surface area contributed by atoms with Crippen LogP contribution in [0.2, 0.25) is 0 Å². The van der Waals surface area contributed by atoms with Gasteiger partial charge in [0.05, 0.1) is 0 Å². The second kappa shape index (κ2) is 6.79. The molecule has 2 aliphatic rings. The molecule has 0 heterocycles. The molecule has 0 bridgehead atoms. The molecule has 5 unspecified atom stereocenters. The van der Waals surface area contributed by atoms with Gasteiger partial charge in [-0.3, -0.25) is 0 Å². The van der Waals surface area contributed by atoms with Gasteiger partial charge in [-0.2, -0.15) is 0 Å². The molecule has 0 aromatic carbocycles. The Kier molecular flexibility index (Phi) is 5.53. The van der Waals surface area contributed by atoms with Crippen LogP contribution in [-0.2, 0) is 0 Å². The van der Waals surface area contributed by atoms with E-state index in [1.807, 2.05) is 0 Å². The van der Waals surface area contributed by atoms with Gasteiger partial charge in [0.1, 0.15) is 0 Å². The minimum absolute atomic E-state index is 0.403. The van der Waals surface area contributed by atoms with Crippen molar-refractivity contribution in [3.63, 3.8) is 0 Å². The van der Waals surface area contributed by atoms with E-state index in [0.29, 0.717) is 5.54 Å². The zero-order valence-electron chi connectivity index (χ0n) is 14.4. The van der Waals surface area contributed by atoms with Crippen molar-refractivity contribution in [2.75, 3.05) is 20.6 Å². The van der Waals surface area contributed by atoms with Crippen molar-refractivity contribution in [2.45, 2.75) is 77.3 Å². The predicted octanol–water partition coefficient (Wildman–Crippen LogP) is 3.91. The van der Waals surface area contributed by atoms with Crippen molar-refractivity contribution in [1.82, 2.24) is 10.2 Å². The SMILES string of the molecule is CC1CCC(NCC2(N(C)C)CCCC(C)C2)C(C)C1. The summed E-state index contributed by atoms with van der Waals surface area (Å²) in [6.07, 6.45) is 9.75. The number of hydrogen-bond acceptors (Lipinski definition) is 2. The van der Waals surface area contributed by atoms with Gasteiger partial charge in [-0.15, -0.1) is 0 Å². The summed E-state index contributed by atoms with van der Waals surface area (Å²) in [5.74, 6) is 2.66. The Balaban J connectivity index is 1.92. The lowest BCUT2D eigenvalue weighted by Gasteiger charge is -2.47. The van der Waals surface area contributed by atoms with Crippen LogP contribution >= 0.6 is 0 Å². The van der Waals surface area contributed by atoms with Gasteiger partial charge in [-0.1, -0.05) is 33.6 Å². The summed E-state index contributed by atoms with van der Waals surface area (Å²) in [7, 11) is 4.57. The summed E-state index contributed by atoms with van der Waals surface area (Å²) in [4.78, 5) is 2.51. The standard InChI is InChI=1S/C18H36N2/c1-14-8-9-17(16(3)11-14)19-13-18(20(4)5)10-6-7-15(2)12-18/h14-17,19H,6-13H2,1-5H3. The maximum absolute atomic E-state index is 3.96. The van der Waals surface area contributed by atoms with E-state index in [9.17, 15) is 0 Å². The van der Waals surface area contributed by atoms with Crippen molar-refractivity contribution in [3.05, 3.63) is 0 Å². The number of likely N-dealkylation sites (N-methyl/N-ethyl adjacent to an activating group) is 1. The number of hydrogen-bond donors (Lipinski definition) is 1. The zero-order valence-corrected chi connectivity index (χ0v) is 14.4. The molecule has 0 amide bonds. The Labute approximate surface area is 126 Å². The molecule has 5 atom stereocenters. The third kappa shape index (κ3) is 3.76. The topological polar surface area (TPSA) is 15.3 Å². The first-order chi connectivity index (χ1) is 9.43. The van der Waals surface area contributed by atoms with E-state index in [1.54, 1.807) is 0 Å².